The first-order valence-corrected chi connectivity index (χ1v) is 12.3. The van der Waals surface area contributed by atoms with Crippen molar-refractivity contribution in [2.75, 3.05) is 15.4 Å². The van der Waals surface area contributed by atoms with Gasteiger partial charge in [-0.3, -0.25) is 4.72 Å². The zero-order chi connectivity index (χ0) is 23.5. The second kappa shape index (κ2) is 9.00. The van der Waals surface area contributed by atoms with Gasteiger partial charge in [0.2, 0.25) is 0 Å². The lowest BCUT2D eigenvalue weighted by atomic mass is 10.3. The van der Waals surface area contributed by atoms with Crippen molar-refractivity contribution in [3.8, 4) is 0 Å². The first kappa shape index (κ1) is 21.7. The standard InChI is InChI=1S/C22H18N8O2S2/c1-14-24-20(13-21(25-14)27-19-7-2-3-12-23-19)26-15-8-10-16(11-9-15)30-34(31,32)18-6-4-5-17-22(18)29-33-28-17/h2-13,30H,1H3,(H2,23,24,25,26,27). The third kappa shape index (κ3) is 4.77. The van der Waals surface area contributed by atoms with E-state index in [9.17, 15) is 8.42 Å². The number of benzene rings is 2. The van der Waals surface area contributed by atoms with E-state index in [2.05, 4.69) is 39.1 Å². The van der Waals surface area contributed by atoms with Crippen LogP contribution in [0.4, 0.5) is 28.8 Å². The molecular weight excluding hydrogens is 472 g/mol. The zero-order valence-corrected chi connectivity index (χ0v) is 19.4. The molecule has 0 radical (unpaired) electrons. The van der Waals surface area contributed by atoms with E-state index in [1.165, 1.54) is 6.07 Å². The third-order valence-electron chi connectivity index (χ3n) is 4.71. The summed E-state index contributed by atoms with van der Waals surface area (Å²) >= 11 is 0.976. The van der Waals surface area contributed by atoms with E-state index in [1.54, 1.807) is 55.6 Å². The fraction of sp³-hybridized carbons (Fsp3) is 0.0455. The lowest BCUT2D eigenvalue weighted by molar-refractivity contribution is 0.602. The first-order chi connectivity index (χ1) is 16.5. The minimum absolute atomic E-state index is 0.0883. The molecule has 3 heterocycles. The Morgan fingerprint density at radius 2 is 1.56 bits per heavy atom. The van der Waals surface area contributed by atoms with Crippen LogP contribution in [0.2, 0.25) is 0 Å². The second-order valence-corrected chi connectivity index (χ2v) is 9.40. The van der Waals surface area contributed by atoms with Crippen molar-refractivity contribution in [2.45, 2.75) is 11.8 Å². The summed E-state index contributed by atoms with van der Waals surface area (Å²) in [6.45, 7) is 1.80. The number of sulfonamides is 1. The van der Waals surface area contributed by atoms with Gasteiger partial charge in [-0.15, -0.1) is 0 Å². The molecule has 0 saturated carbocycles. The van der Waals surface area contributed by atoms with Gasteiger partial charge in [-0.2, -0.15) is 8.75 Å². The summed E-state index contributed by atoms with van der Waals surface area (Å²) < 4.78 is 36.6. The highest BCUT2D eigenvalue weighted by molar-refractivity contribution is 7.93. The van der Waals surface area contributed by atoms with Crippen molar-refractivity contribution in [2.24, 2.45) is 0 Å². The molecule has 10 nitrogen and oxygen atoms in total. The first-order valence-electron chi connectivity index (χ1n) is 10.1. The van der Waals surface area contributed by atoms with E-state index in [-0.39, 0.29) is 4.90 Å². The molecule has 0 spiro atoms. The molecule has 0 unspecified atom stereocenters. The predicted molar refractivity (Wildman–Crippen MR) is 132 cm³/mol. The summed E-state index contributed by atoms with van der Waals surface area (Å²) in [5.41, 5.74) is 2.05. The van der Waals surface area contributed by atoms with Gasteiger partial charge in [-0.1, -0.05) is 12.1 Å². The van der Waals surface area contributed by atoms with Gasteiger partial charge in [0.25, 0.3) is 10.0 Å². The average Bonchev–Trinajstić information content (AvgIpc) is 3.29. The van der Waals surface area contributed by atoms with E-state index >= 15 is 0 Å². The van der Waals surface area contributed by atoms with E-state index in [0.29, 0.717) is 40.0 Å². The second-order valence-electron chi connectivity index (χ2n) is 7.22. The molecule has 0 aliphatic rings. The van der Waals surface area contributed by atoms with Crippen LogP contribution in [0.3, 0.4) is 0 Å². The van der Waals surface area contributed by atoms with Crippen molar-refractivity contribution in [3.63, 3.8) is 0 Å². The summed E-state index contributed by atoms with van der Waals surface area (Å²) in [5, 5.41) is 6.35. The van der Waals surface area contributed by atoms with Gasteiger partial charge in [-0.25, -0.2) is 23.4 Å². The molecule has 0 aliphatic carbocycles. The third-order valence-corrected chi connectivity index (χ3v) is 6.66. The maximum absolute atomic E-state index is 12.9. The predicted octanol–water partition coefficient (Wildman–Crippen LogP) is 4.47. The Morgan fingerprint density at radius 3 is 2.32 bits per heavy atom. The van der Waals surface area contributed by atoms with E-state index in [0.717, 1.165) is 17.4 Å². The van der Waals surface area contributed by atoms with Crippen molar-refractivity contribution < 1.29 is 8.42 Å². The van der Waals surface area contributed by atoms with Crippen LogP contribution >= 0.6 is 11.7 Å². The average molecular weight is 491 g/mol. The number of pyridine rings is 1. The molecular formula is C22H18N8O2S2. The molecule has 12 heteroatoms. The molecule has 0 amide bonds. The molecule has 0 saturated heterocycles. The highest BCUT2D eigenvalue weighted by Gasteiger charge is 2.19. The Hall–Kier alpha value is -4.16. The Kier molecular flexibility index (Phi) is 5.74. The highest BCUT2D eigenvalue weighted by Crippen LogP contribution is 2.25. The van der Waals surface area contributed by atoms with Crippen molar-refractivity contribution in [3.05, 3.63) is 78.8 Å². The Balaban J connectivity index is 1.31. The maximum atomic E-state index is 12.9. The van der Waals surface area contributed by atoms with E-state index < -0.39 is 10.0 Å². The van der Waals surface area contributed by atoms with E-state index in [4.69, 9.17) is 0 Å². The van der Waals surface area contributed by atoms with Crippen molar-refractivity contribution >= 4 is 61.6 Å². The van der Waals surface area contributed by atoms with Gasteiger partial charge in [0.1, 0.15) is 39.2 Å². The monoisotopic (exact) mass is 490 g/mol. The Bertz CT molecular complexity index is 1560. The molecule has 34 heavy (non-hydrogen) atoms. The number of nitrogens with zero attached hydrogens (tertiary/aromatic N) is 5. The molecule has 3 N–H and O–H groups in total. The highest BCUT2D eigenvalue weighted by atomic mass is 32.2. The summed E-state index contributed by atoms with van der Waals surface area (Å²) in [4.78, 5) is 13.1. The summed E-state index contributed by atoms with van der Waals surface area (Å²) in [5.74, 6) is 2.44. The van der Waals surface area contributed by atoms with Crippen LogP contribution in [0.25, 0.3) is 11.0 Å². The topological polar surface area (TPSA) is 135 Å². The Labute approximate surface area is 199 Å². The summed E-state index contributed by atoms with van der Waals surface area (Å²) in [7, 11) is -3.82. The molecule has 0 fully saturated rings. The van der Waals surface area contributed by atoms with Gasteiger partial charge in [0, 0.05) is 23.6 Å². The number of rotatable bonds is 7. The van der Waals surface area contributed by atoms with Crippen LogP contribution in [0.5, 0.6) is 0 Å². The molecule has 0 atom stereocenters. The Morgan fingerprint density at radius 1 is 0.794 bits per heavy atom. The van der Waals surface area contributed by atoms with Crippen LogP contribution in [0.1, 0.15) is 5.82 Å². The van der Waals surface area contributed by atoms with Crippen molar-refractivity contribution in [1.29, 1.82) is 0 Å². The van der Waals surface area contributed by atoms with Gasteiger partial charge in [0.15, 0.2) is 0 Å². The molecule has 2 aromatic carbocycles. The normalized spacial score (nSPS) is 11.3. The quantitative estimate of drug-likeness (QED) is 0.302. The number of hydrogen-bond donors (Lipinski definition) is 3. The van der Waals surface area contributed by atoms with Crippen LogP contribution in [0.15, 0.2) is 77.8 Å². The molecule has 0 aliphatic heterocycles. The van der Waals surface area contributed by atoms with Crippen LogP contribution in [0, 0.1) is 6.92 Å². The molecule has 5 rings (SSSR count). The number of anilines is 5. The van der Waals surface area contributed by atoms with Gasteiger partial charge in [0.05, 0.1) is 11.7 Å². The molecule has 0 bridgehead atoms. The largest absolute Gasteiger partial charge is 0.340 e. The maximum Gasteiger partial charge on any atom is 0.264 e. The minimum atomic E-state index is -3.82. The van der Waals surface area contributed by atoms with Crippen LogP contribution in [-0.2, 0) is 10.0 Å². The lowest BCUT2D eigenvalue weighted by Gasteiger charge is -2.11. The number of aromatic nitrogens is 5. The molecule has 3 aromatic heterocycles. The van der Waals surface area contributed by atoms with Gasteiger partial charge in [-0.05, 0) is 55.5 Å². The minimum Gasteiger partial charge on any atom is -0.340 e. The summed E-state index contributed by atoms with van der Waals surface area (Å²) in [6.07, 6.45) is 1.69. The fourth-order valence-electron chi connectivity index (χ4n) is 3.24. The SMILES string of the molecule is Cc1nc(Nc2ccc(NS(=O)(=O)c3cccc4nsnc34)cc2)cc(Nc2ccccn2)n1. The van der Waals surface area contributed by atoms with Gasteiger partial charge < -0.3 is 10.6 Å². The van der Waals surface area contributed by atoms with Crippen molar-refractivity contribution in [1.82, 2.24) is 23.7 Å². The van der Waals surface area contributed by atoms with E-state index in [1.807, 2.05) is 18.2 Å². The molecule has 170 valence electrons. The number of hydrogen-bond acceptors (Lipinski definition) is 10. The number of nitrogens with one attached hydrogen (secondary N) is 3. The fourth-order valence-corrected chi connectivity index (χ4v) is 5.07. The number of fused-ring (bicyclic) bond motifs is 1. The number of aryl methyl sites for hydroxylation is 1. The molecule has 5 aromatic rings. The smallest absolute Gasteiger partial charge is 0.264 e. The van der Waals surface area contributed by atoms with Crippen LogP contribution < -0.4 is 15.4 Å². The van der Waals surface area contributed by atoms with Gasteiger partial charge >= 0.3 is 0 Å². The lowest BCUT2D eigenvalue weighted by Crippen LogP contribution is -2.13. The van der Waals surface area contributed by atoms with Crippen LogP contribution in [-0.4, -0.2) is 32.1 Å². The zero-order valence-electron chi connectivity index (χ0n) is 17.8. The summed E-state index contributed by atoms with van der Waals surface area (Å²) in [6, 6.07) is 19.1.